The Morgan fingerprint density at radius 3 is 2.85 bits per heavy atom. The van der Waals surface area contributed by atoms with Crippen LogP contribution in [0.1, 0.15) is 18.1 Å². The lowest BCUT2D eigenvalue weighted by molar-refractivity contribution is -0.131. The smallest absolute Gasteiger partial charge is 0.328 e. The second-order valence-electron chi connectivity index (χ2n) is 4.55. The molecule has 0 saturated carbocycles. The van der Waals surface area contributed by atoms with Crippen LogP contribution in [0.5, 0.6) is 5.75 Å². The molecule has 1 unspecified atom stereocenters. The van der Waals surface area contributed by atoms with E-state index in [9.17, 15) is 4.79 Å². The van der Waals surface area contributed by atoms with Crippen molar-refractivity contribution < 1.29 is 19.7 Å². The van der Waals surface area contributed by atoms with E-state index in [1.165, 1.54) is 6.08 Å². The highest BCUT2D eigenvalue weighted by atomic mass is 32.2. The molecule has 0 aliphatic carbocycles. The van der Waals surface area contributed by atoms with Crippen molar-refractivity contribution >= 4 is 23.8 Å². The molecule has 20 heavy (non-hydrogen) atoms. The predicted octanol–water partition coefficient (Wildman–Crippen LogP) is 2.65. The van der Waals surface area contributed by atoms with Gasteiger partial charge in [-0.2, -0.15) is 11.8 Å². The number of carbonyl (C=O) groups is 1. The van der Waals surface area contributed by atoms with Crippen molar-refractivity contribution in [2.75, 3.05) is 19.5 Å². The number of ether oxygens (including phenoxy) is 1. The van der Waals surface area contributed by atoms with E-state index in [-0.39, 0.29) is 12.5 Å². The maximum Gasteiger partial charge on any atom is 0.328 e. The average Bonchev–Trinajstić information content (AvgIpc) is 2.45. The van der Waals surface area contributed by atoms with Gasteiger partial charge >= 0.3 is 5.97 Å². The molecular weight excluding hydrogens is 276 g/mol. The Kier molecular flexibility index (Phi) is 7.18. The fourth-order valence-corrected chi connectivity index (χ4v) is 2.64. The first-order valence-electron chi connectivity index (χ1n) is 6.33. The summed E-state index contributed by atoms with van der Waals surface area (Å²) in [5.74, 6) is 1.67. The van der Waals surface area contributed by atoms with Gasteiger partial charge in [0.25, 0.3) is 0 Å². The maximum absolute atomic E-state index is 10.6. The standard InChI is InChI=1S/C15H20O4S/c1-11(8-16)9-20-10-12-3-5-14(19-2)13(7-12)4-6-15(17)18/h3-7,11,16H,8-10H2,1-2H3,(H,17,18). The summed E-state index contributed by atoms with van der Waals surface area (Å²) >= 11 is 1.74. The predicted molar refractivity (Wildman–Crippen MR) is 82.1 cm³/mol. The van der Waals surface area contributed by atoms with Crippen LogP contribution in [-0.2, 0) is 10.5 Å². The van der Waals surface area contributed by atoms with Gasteiger partial charge in [-0.1, -0.05) is 13.0 Å². The lowest BCUT2D eigenvalue weighted by Crippen LogP contribution is -2.03. The van der Waals surface area contributed by atoms with Crippen molar-refractivity contribution in [2.45, 2.75) is 12.7 Å². The number of hydrogen-bond acceptors (Lipinski definition) is 4. The highest BCUT2D eigenvalue weighted by molar-refractivity contribution is 7.98. The molecule has 0 aliphatic rings. The summed E-state index contributed by atoms with van der Waals surface area (Å²) in [6.45, 7) is 2.20. The van der Waals surface area contributed by atoms with Crippen LogP contribution in [0.3, 0.4) is 0 Å². The van der Waals surface area contributed by atoms with E-state index < -0.39 is 5.97 Å². The number of methoxy groups -OCH3 is 1. The number of carboxylic acids is 1. The quantitative estimate of drug-likeness (QED) is 0.722. The summed E-state index contributed by atoms with van der Waals surface area (Å²) in [4.78, 5) is 10.6. The first kappa shape index (κ1) is 16.6. The Balaban J connectivity index is 2.73. The van der Waals surface area contributed by atoms with Crippen LogP contribution in [0, 0.1) is 5.92 Å². The van der Waals surface area contributed by atoms with Crippen LogP contribution in [0.4, 0.5) is 0 Å². The van der Waals surface area contributed by atoms with E-state index in [4.69, 9.17) is 14.9 Å². The number of carboxylic acid groups (broad SMARTS) is 1. The lowest BCUT2D eigenvalue weighted by Gasteiger charge is -2.09. The van der Waals surface area contributed by atoms with Gasteiger partial charge in [-0.3, -0.25) is 0 Å². The van der Waals surface area contributed by atoms with Gasteiger partial charge in [-0.25, -0.2) is 4.79 Å². The SMILES string of the molecule is COc1ccc(CSCC(C)CO)cc1C=CC(=O)O. The normalized spacial score (nSPS) is 12.6. The van der Waals surface area contributed by atoms with Gasteiger partial charge in [-0.05, 0) is 35.4 Å². The molecule has 0 fully saturated rings. The van der Waals surface area contributed by atoms with E-state index >= 15 is 0 Å². The zero-order chi connectivity index (χ0) is 15.0. The van der Waals surface area contributed by atoms with Crippen LogP contribution in [0.25, 0.3) is 6.08 Å². The highest BCUT2D eigenvalue weighted by Gasteiger charge is 2.04. The molecule has 0 spiro atoms. The van der Waals surface area contributed by atoms with Crippen molar-refractivity contribution in [1.82, 2.24) is 0 Å². The molecule has 2 N–H and O–H groups in total. The van der Waals surface area contributed by atoms with E-state index in [1.54, 1.807) is 18.9 Å². The van der Waals surface area contributed by atoms with Gasteiger partial charge in [0.15, 0.2) is 0 Å². The van der Waals surface area contributed by atoms with Gasteiger partial charge in [0, 0.05) is 24.0 Å². The fraction of sp³-hybridized carbons (Fsp3) is 0.400. The van der Waals surface area contributed by atoms with Crippen molar-refractivity contribution in [3.8, 4) is 5.75 Å². The Bertz CT molecular complexity index is 471. The monoisotopic (exact) mass is 296 g/mol. The number of thioether (sulfide) groups is 1. The minimum absolute atomic E-state index is 0.197. The second kappa shape index (κ2) is 8.66. The van der Waals surface area contributed by atoms with Crippen LogP contribution in [0.15, 0.2) is 24.3 Å². The molecule has 1 aromatic carbocycles. The number of hydrogen-bond donors (Lipinski definition) is 2. The number of rotatable bonds is 8. The zero-order valence-electron chi connectivity index (χ0n) is 11.7. The molecule has 1 atom stereocenters. The van der Waals surface area contributed by atoms with Gasteiger partial charge in [0.2, 0.25) is 0 Å². The topological polar surface area (TPSA) is 66.8 Å². The van der Waals surface area contributed by atoms with Crippen LogP contribution >= 0.6 is 11.8 Å². The summed E-state index contributed by atoms with van der Waals surface area (Å²) < 4.78 is 5.21. The largest absolute Gasteiger partial charge is 0.496 e. The third-order valence-electron chi connectivity index (χ3n) is 2.68. The summed E-state index contributed by atoms with van der Waals surface area (Å²) in [5.41, 5.74) is 1.86. The number of aliphatic hydroxyl groups excluding tert-OH is 1. The van der Waals surface area contributed by atoms with Crippen LogP contribution in [-0.4, -0.2) is 35.7 Å². The van der Waals surface area contributed by atoms with Crippen molar-refractivity contribution in [3.63, 3.8) is 0 Å². The summed E-state index contributed by atoms with van der Waals surface area (Å²) in [7, 11) is 1.56. The van der Waals surface area contributed by atoms with Crippen LogP contribution in [0.2, 0.25) is 0 Å². The van der Waals surface area contributed by atoms with Gasteiger partial charge in [0.1, 0.15) is 5.75 Å². The summed E-state index contributed by atoms with van der Waals surface area (Å²) in [6, 6.07) is 5.73. The molecule has 0 radical (unpaired) electrons. The highest BCUT2D eigenvalue weighted by Crippen LogP contribution is 2.24. The second-order valence-corrected chi connectivity index (χ2v) is 5.58. The summed E-state index contributed by atoms with van der Waals surface area (Å²) in [6.07, 6.45) is 2.63. The number of aliphatic carboxylic acids is 1. The molecule has 110 valence electrons. The van der Waals surface area contributed by atoms with Crippen molar-refractivity contribution in [2.24, 2.45) is 5.92 Å². The maximum atomic E-state index is 10.6. The first-order chi connectivity index (χ1) is 9.56. The molecule has 1 aromatic rings. The van der Waals surface area contributed by atoms with Crippen molar-refractivity contribution in [1.29, 1.82) is 0 Å². The molecule has 4 nitrogen and oxygen atoms in total. The molecule has 5 heteroatoms. The fourth-order valence-electron chi connectivity index (χ4n) is 1.60. The molecule has 0 amide bonds. The van der Waals surface area contributed by atoms with Gasteiger partial charge in [-0.15, -0.1) is 0 Å². The average molecular weight is 296 g/mol. The molecular formula is C15H20O4S. The molecule has 0 aromatic heterocycles. The molecule has 0 saturated heterocycles. The zero-order valence-corrected chi connectivity index (χ0v) is 12.5. The minimum atomic E-state index is -0.983. The van der Waals surface area contributed by atoms with Crippen molar-refractivity contribution in [3.05, 3.63) is 35.4 Å². The third-order valence-corrected chi connectivity index (χ3v) is 4.02. The molecule has 0 heterocycles. The Hall–Kier alpha value is -1.46. The Morgan fingerprint density at radius 1 is 1.50 bits per heavy atom. The van der Waals surface area contributed by atoms with Crippen LogP contribution < -0.4 is 4.74 Å². The van der Waals surface area contributed by atoms with E-state index in [0.29, 0.717) is 5.75 Å². The van der Waals surface area contributed by atoms with E-state index in [2.05, 4.69) is 0 Å². The molecule has 1 rings (SSSR count). The number of aliphatic hydroxyl groups is 1. The third kappa shape index (κ3) is 5.67. The van der Waals surface area contributed by atoms with Gasteiger partial charge < -0.3 is 14.9 Å². The first-order valence-corrected chi connectivity index (χ1v) is 7.48. The minimum Gasteiger partial charge on any atom is -0.496 e. The number of benzene rings is 1. The summed E-state index contributed by atoms with van der Waals surface area (Å²) in [5, 5.41) is 17.7. The molecule has 0 aliphatic heterocycles. The van der Waals surface area contributed by atoms with Gasteiger partial charge in [0.05, 0.1) is 7.11 Å². The lowest BCUT2D eigenvalue weighted by atomic mass is 10.1. The Labute approximate surface area is 123 Å². The molecule has 0 bridgehead atoms. The van der Waals surface area contributed by atoms with E-state index in [0.717, 1.165) is 28.7 Å². The van der Waals surface area contributed by atoms with E-state index in [1.807, 2.05) is 25.1 Å². The Morgan fingerprint density at radius 2 is 2.25 bits per heavy atom.